The molecule has 0 spiro atoms. The molecule has 0 atom stereocenters. The maximum absolute atomic E-state index is 10.3. The Hall–Kier alpha value is -0.990. The minimum atomic E-state index is -0.400. The van der Waals surface area contributed by atoms with E-state index in [0.717, 1.165) is 0 Å². The van der Waals surface area contributed by atoms with Gasteiger partial charge in [0.1, 0.15) is 0 Å². The molecule has 3 heteroatoms. The molecule has 52 valence electrons. The minimum absolute atomic E-state index is 0.400. The van der Waals surface area contributed by atoms with Gasteiger partial charge in [-0.15, -0.1) is 0 Å². The topological polar surface area (TPSA) is 35.5 Å². The van der Waals surface area contributed by atoms with Crippen molar-refractivity contribution in [2.24, 2.45) is 0 Å². The second kappa shape index (κ2) is 5.15. The third-order valence-corrected chi connectivity index (χ3v) is 0.668. The fourth-order valence-electron chi connectivity index (χ4n) is 0.268. The summed E-state index contributed by atoms with van der Waals surface area (Å²) in [6.45, 7) is 2.40. The summed E-state index contributed by atoms with van der Waals surface area (Å²) in [7, 11) is 1.32. The smallest absolute Gasteiger partial charge is 0.333 e. The molecule has 0 N–H and O–H groups in total. The molecule has 0 aromatic carbocycles. The highest BCUT2D eigenvalue weighted by Crippen LogP contribution is 1.79. The maximum Gasteiger partial charge on any atom is 0.333 e. The molecule has 0 radical (unpaired) electrons. The van der Waals surface area contributed by atoms with Gasteiger partial charge in [-0.1, -0.05) is 0 Å². The first kappa shape index (κ1) is 8.01. The van der Waals surface area contributed by atoms with Crippen LogP contribution in [-0.4, -0.2) is 19.7 Å². The molecule has 0 heterocycles. The van der Waals surface area contributed by atoms with Crippen molar-refractivity contribution in [2.75, 3.05) is 13.7 Å². The van der Waals surface area contributed by atoms with E-state index in [9.17, 15) is 4.79 Å². The van der Waals surface area contributed by atoms with Crippen LogP contribution < -0.4 is 0 Å². The SMILES string of the molecule is CCO/C=C\C(=O)OC. The van der Waals surface area contributed by atoms with Gasteiger partial charge < -0.3 is 9.47 Å². The van der Waals surface area contributed by atoms with E-state index in [-0.39, 0.29) is 0 Å². The standard InChI is InChI=1S/C6H10O3/c1-3-9-5-4-6(7)8-2/h4-5H,3H2,1-2H3/b5-4-. The van der Waals surface area contributed by atoms with Gasteiger partial charge in [0.25, 0.3) is 0 Å². The van der Waals surface area contributed by atoms with Gasteiger partial charge in [0.15, 0.2) is 0 Å². The van der Waals surface area contributed by atoms with E-state index in [1.807, 2.05) is 6.92 Å². The van der Waals surface area contributed by atoms with Crippen molar-refractivity contribution >= 4 is 5.97 Å². The van der Waals surface area contributed by atoms with Gasteiger partial charge in [0.05, 0.1) is 26.1 Å². The molecule has 0 rings (SSSR count). The second-order valence-corrected chi connectivity index (χ2v) is 1.28. The van der Waals surface area contributed by atoms with Gasteiger partial charge in [-0.2, -0.15) is 0 Å². The van der Waals surface area contributed by atoms with Crippen LogP contribution in [0.4, 0.5) is 0 Å². The number of rotatable bonds is 3. The summed E-state index contributed by atoms with van der Waals surface area (Å²) in [6.07, 6.45) is 2.54. The fraction of sp³-hybridized carbons (Fsp3) is 0.500. The van der Waals surface area contributed by atoms with Crippen LogP contribution in [0.1, 0.15) is 6.92 Å². The zero-order valence-electron chi connectivity index (χ0n) is 5.59. The number of hydrogen-bond donors (Lipinski definition) is 0. The Morgan fingerprint density at radius 2 is 2.33 bits per heavy atom. The summed E-state index contributed by atoms with van der Waals surface area (Å²) in [6, 6.07) is 0. The number of ether oxygens (including phenoxy) is 2. The van der Waals surface area contributed by atoms with Crippen molar-refractivity contribution in [3.05, 3.63) is 12.3 Å². The van der Waals surface area contributed by atoms with Gasteiger partial charge in [-0.05, 0) is 6.92 Å². The largest absolute Gasteiger partial charge is 0.501 e. The summed E-state index contributed by atoms with van der Waals surface area (Å²) in [5.74, 6) is -0.400. The third-order valence-electron chi connectivity index (χ3n) is 0.668. The molecule has 0 aromatic heterocycles. The Bertz CT molecular complexity index is 107. The first-order valence-corrected chi connectivity index (χ1v) is 2.67. The molecule has 0 saturated carbocycles. The zero-order valence-corrected chi connectivity index (χ0v) is 5.59. The number of esters is 1. The van der Waals surface area contributed by atoms with E-state index in [4.69, 9.17) is 4.74 Å². The van der Waals surface area contributed by atoms with E-state index >= 15 is 0 Å². The molecular formula is C6H10O3. The molecule has 9 heavy (non-hydrogen) atoms. The molecule has 0 saturated heterocycles. The van der Waals surface area contributed by atoms with E-state index in [1.165, 1.54) is 19.4 Å². The van der Waals surface area contributed by atoms with E-state index in [2.05, 4.69) is 4.74 Å². The summed E-state index contributed by atoms with van der Waals surface area (Å²) < 4.78 is 9.02. The summed E-state index contributed by atoms with van der Waals surface area (Å²) in [5, 5.41) is 0. The second-order valence-electron chi connectivity index (χ2n) is 1.28. The Morgan fingerprint density at radius 1 is 1.67 bits per heavy atom. The molecular weight excluding hydrogens is 120 g/mol. The van der Waals surface area contributed by atoms with Gasteiger partial charge in [-0.3, -0.25) is 0 Å². The summed E-state index contributed by atoms with van der Waals surface area (Å²) in [5.41, 5.74) is 0. The Morgan fingerprint density at radius 3 is 2.78 bits per heavy atom. The van der Waals surface area contributed by atoms with Crippen molar-refractivity contribution in [1.82, 2.24) is 0 Å². The Labute approximate surface area is 54.3 Å². The lowest BCUT2D eigenvalue weighted by Crippen LogP contribution is -1.94. The number of carbonyl (C=O) groups excluding carboxylic acids is 1. The van der Waals surface area contributed by atoms with E-state index < -0.39 is 5.97 Å². The van der Waals surface area contributed by atoms with Crippen molar-refractivity contribution in [2.45, 2.75) is 6.92 Å². The molecule has 0 fully saturated rings. The lowest BCUT2D eigenvalue weighted by molar-refractivity contribution is -0.134. The monoisotopic (exact) mass is 130 g/mol. The molecule has 0 aromatic rings. The lowest BCUT2D eigenvalue weighted by Gasteiger charge is -1.91. The Balaban J connectivity index is 3.32. The highest BCUT2D eigenvalue weighted by molar-refractivity contribution is 5.81. The summed E-state index contributed by atoms with van der Waals surface area (Å²) >= 11 is 0. The van der Waals surface area contributed by atoms with Crippen LogP contribution in [0.3, 0.4) is 0 Å². The van der Waals surface area contributed by atoms with Crippen molar-refractivity contribution in [1.29, 1.82) is 0 Å². The normalized spacial score (nSPS) is 9.56. The fourth-order valence-corrected chi connectivity index (χ4v) is 0.268. The van der Waals surface area contributed by atoms with Crippen LogP contribution in [0.2, 0.25) is 0 Å². The average Bonchev–Trinajstić information content (AvgIpc) is 1.89. The average molecular weight is 130 g/mol. The minimum Gasteiger partial charge on any atom is -0.501 e. The zero-order chi connectivity index (χ0) is 7.11. The highest BCUT2D eigenvalue weighted by Gasteiger charge is 1.87. The van der Waals surface area contributed by atoms with E-state index in [1.54, 1.807) is 0 Å². The first-order valence-electron chi connectivity index (χ1n) is 2.67. The van der Waals surface area contributed by atoms with Crippen LogP contribution >= 0.6 is 0 Å². The molecule has 0 amide bonds. The van der Waals surface area contributed by atoms with Crippen LogP contribution in [0.15, 0.2) is 12.3 Å². The predicted octanol–water partition coefficient (Wildman–Crippen LogP) is 0.710. The highest BCUT2D eigenvalue weighted by atomic mass is 16.5. The summed E-state index contributed by atoms with van der Waals surface area (Å²) in [4.78, 5) is 10.3. The number of carbonyl (C=O) groups is 1. The molecule has 3 nitrogen and oxygen atoms in total. The van der Waals surface area contributed by atoms with Crippen molar-refractivity contribution in [3.8, 4) is 0 Å². The lowest BCUT2D eigenvalue weighted by atomic mass is 10.6. The molecule has 0 aliphatic carbocycles. The molecule has 0 bridgehead atoms. The predicted molar refractivity (Wildman–Crippen MR) is 32.8 cm³/mol. The van der Waals surface area contributed by atoms with Gasteiger partial charge in [0, 0.05) is 0 Å². The molecule has 0 aliphatic rings. The maximum atomic E-state index is 10.3. The quantitative estimate of drug-likeness (QED) is 0.320. The third kappa shape index (κ3) is 4.87. The van der Waals surface area contributed by atoms with Gasteiger partial charge >= 0.3 is 5.97 Å². The van der Waals surface area contributed by atoms with E-state index in [0.29, 0.717) is 6.61 Å². The number of methoxy groups -OCH3 is 1. The van der Waals surface area contributed by atoms with Gasteiger partial charge in [0.2, 0.25) is 0 Å². The van der Waals surface area contributed by atoms with Crippen LogP contribution in [-0.2, 0) is 14.3 Å². The van der Waals surface area contributed by atoms with Crippen LogP contribution in [0.5, 0.6) is 0 Å². The first-order chi connectivity index (χ1) is 4.31. The molecule has 0 aliphatic heterocycles. The van der Waals surface area contributed by atoms with Crippen molar-refractivity contribution < 1.29 is 14.3 Å². The van der Waals surface area contributed by atoms with Gasteiger partial charge in [-0.25, -0.2) is 4.79 Å². The molecule has 0 unspecified atom stereocenters. The Kier molecular flexibility index (Phi) is 4.59. The van der Waals surface area contributed by atoms with Crippen LogP contribution in [0.25, 0.3) is 0 Å². The van der Waals surface area contributed by atoms with Crippen LogP contribution in [0, 0.1) is 0 Å². The van der Waals surface area contributed by atoms with Crippen molar-refractivity contribution in [3.63, 3.8) is 0 Å². The number of hydrogen-bond acceptors (Lipinski definition) is 3.